The van der Waals surface area contributed by atoms with Crippen molar-refractivity contribution in [3.63, 3.8) is 0 Å². The Morgan fingerprint density at radius 2 is 1.20 bits per heavy atom. The summed E-state index contributed by atoms with van der Waals surface area (Å²) in [5.74, 6) is -8.76. The van der Waals surface area contributed by atoms with Crippen LogP contribution in [0.15, 0.2) is 36.8 Å². The lowest BCUT2D eigenvalue weighted by Gasteiger charge is -2.31. The molecule has 1 aromatic heterocycles. The molecular weight excluding hydrogens is 953 g/mol. The van der Waals surface area contributed by atoms with Gasteiger partial charge in [-0.2, -0.15) is 0 Å². The van der Waals surface area contributed by atoms with Gasteiger partial charge in [0, 0.05) is 49.3 Å². The van der Waals surface area contributed by atoms with Crippen LogP contribution in [0, 0.1) is 5.92 Å². The van der Waals surface area contributed by atoms with E-state index in [1.54, 1.807) is 26.0 Å². The molecule has 0 saturated carbocycles. The number of rotatable bonds is 7. The molecule has 1 aromatic carbocycles. The summed E-state index contributed by atoms with van der Waals surface area (Å²) in [6.45, 7) is 1.61. The molecule has 0 aliphatic carbocycles. The average molecular weight is 1010 g/mol. The number of aliphatic hydroxyl groups is 1. The van der Waals surface area contributed by atoms with E-state index in [0.717, 1.165) is 21.6 Å². The number of hydrogen-bond acceptors (Lipinski definition) is 15. The van der Waals surface area contributed by atoms with Crippen molar-refractivity contribution >= 4 is 80.7 Å². The average Bonchev–Trinajstić information content (AvgIpc) is 4.16. The van der Waals surface area contributed by atoms with Crippen molar-refractivity contribution in [3.05, 3.63) is 48.0 Å². The first kappa shape index (κ1) is 53.0. The molecule has 4 aliphatic rings. The number of phenolic OH excluding ortho intramolecular Hbond substituents is 1. The zero-order valence-electron chi connectivity index (χ0n) is 38.7. The fraction of sp³-hybridized carbons (Fsp3) is 0.568. The highest BCUT2D eigenvalue weighted by Crippen LogP contribution is 2.26. The second-order valence-corrected chi connectivity index (χ2v) is 20.1. The molecule has 1 unspecified atom stereocenters. The molecule has 2 aromatic rings. The number of nitrogens with one attached hydrogen (secondary N) is 9. The van der Waals surface area contributed by atoms with Crippen LogP contribution in [0.5, 0.6) is 5.75 Å². The number of aromatic nitrogens is 2. The van der Waals surface area contributed by atoms with Gasteiger partial charge in [-0.15, -0.1) is 0 Å². The standard InChI is InChI=1S/C44H60N12O12S2/c1-3-23(2)36-42(66)53-31-21-70-69-20-30(39(63)51-29(19-57)44(68)56-13-5-7-33(56)41(65)47-18-35(60)54-36)52-37(61)27(15-25-16-45-22-48-25)49-34(59)17-46-40(64)32-6-4-12-55(32)43(67)28(50-38(31)62)14-24-8-10-26(58)11-9-24/h8-11,16,22-23,27-33,36,57-58H,3-7,12-15,17-21H2,1-2H3,(H,45,48)(H,46,64)(H,47,65)(H,49,59)(H,50,62)(H,51,63)(H,52,61)(H,53,66)(H,54,60)/t23-,27?,28-,29-,30-,31-,32-,33-,36-/m0/s1. The summed E-state index contributed by atoms with van der Waals surface area (Å²) in [6, 6.07) is -4.61. The molecule has 0 radical (unpaired) electrons. The number of aliphatic hydroxyl groups excluding tert-OH is 1. The molecular formula is C44H60N12O12S2. The van der Waals surface area contributed by atoms with Gasteiger partial charge in [0.05, 0.1) is 26.0 Å². The van der Waals surface area contributed by atoms with Crippen molar-refractivity contribution in [1.82, 2.24) is 62.3 Å². The van der Waals surface area contributed by atoms with Crippen molar-refractivity contribution in [2.75, 3.05) is 44.3 Å². The van der Waals surface area contributed by atoms with Gasteiger partial charge in [0.2, 0.25) is 59.1 Å². The first-order valence-electron chi connectivity index (χ1n) is 23.1. The molecule has 70 heavy (non-hydrogen) atoms. The molecule has 24 nitrogen and oxygen atoms in total. The maximum Gasteiger partial charge on any atom is 0.248 e. The number of carbonyl (C=O) groups is 10. The van der Waals surface area contributed by atoms with Crippen LogP contribution in [0.4, 0.5) is 0 Å². The Kier molecular flexibility index (Phi) is 18.9. The number of carbonyl (C=O) groups excluding carboxylic acids is 10. The number of aromatic hydroxyl groups is 1. The van der Waals surface area contributed by atoms with Gasteiger partial charge in [-0.1, -0.05) is 54.0 Å². The number of benzene rings is 1. The van der Waals surface area contributed by atoms with E-state index >= 15 is 0 Å². The Morgan fingerprint density at radius 3 is 1.74 bits per heavy atom. The van der Waals surface area contributed by atoms with E-state index in [0.29, 0.717) is 30.5 Å². The molecule has 4 saturated heterocycles. The fourth-order valence-corrected chi connectivity index (χ4v) is 10.8. The van der Waals surface area contributed by atoms with Crippen LogP contribution in [0.1, 0.15) is 57.2 Å². The molecule has 5 heterocycles. The maximum absolute atomic E-state index is 14.6. The number of hydrogen-bond donors (Lipinski definition) is 11. The molecule has 6 rings (SSSR count). The van der Waals surface area contributed by atoms with Gasteiger partial charge in [-0.3, -0.25) is 47.9 Å². The third-order valence-electron chi connectivity index (χ3n) is 12.6. The summed E-state index contributed by atoms with van der Waals surface area (Å²) in [6.07, 6.45) is 4.12. The van der Waals surface area contributed by atoms with Crippen molar-refractivity contribution in [3.8, 4) is 5.75 Å². The number of aromatic amines is 1. The second kappa shape index (κ2) is 24.9. The van der Waals surface area contributed by atoms with Crippen molar-refractivity contribution < 1.29 is 58.2 Å². The van der Waals surface area contributed by atoms with Crippen LogP contribution < -0.4 is 42.5 Å². The lowest BCUT2D eigenvalue weighted by molar-refractivity contribution is -0.143. The maximum atomic E-state index is 14.6. The summed E-state index contributed by atoms with van der Waals surface area (Å²) in [7, 11) is 1.99. The molecule has 0 spiro atoms. The minimum atomic E-state index is -1.58. The van der Waals surface area contributed by atoms with Crippen molar-refractivity contribution in [2.24, 2.45) is 5.92 Å². The number of nitrogens with zero attached hydrogens (tertiary/aromatic N) is 3. The first-order valence-corrected chi connectivity index (χ1v) is 25.6. The van der Waals surface area contributed by atoms with Gasteiger partial charge < -0.3 is 67.5 Å². The number of imidazole rings is 1. The van der Waals surface area contributed by atoms with Crippen LogP contribution >= 0.6 is 21.6 Å². The Morgan fingerprint density at radius 1 is 0.657 bits per heavy atom. The topological polar surface area (TPSA) is 343 Å². The molecule has 10 amide bonds. The molecule has 11 N–H and O–H groups in total. The first-order chi connectivity index (χ1) is 33.6. The van der Waals surface area contributed by atoms with Crippen molar-refractivity contribution in [2.45, 2.75) is 107 Å². The predicted molar refractivity (Wildman–Crippen MR) is 253 cm³/mol. The SMILES string of the molecule is CC[C@H](C)[C@@H]1NC(=O)CNC(=O)[C@@H]2CCCN2C(=O)[C@H](CO)NC(=O)[C@@H]2CSSC[C@H](NC1=O)C(=O)N[C@@H](Cc1ccc(O)cc1)C(=O)N1CCC[C@H]1C(=O)NCC(=O)NC(Cc1cnc[nH]1)C(=O)N2. The Hall–Kier alpha value is -6.41. The molecule has 9 atom stereocenters. The van der Waals surface area contributed by atoms with E-state index in [-0.39, 0.29) is 56.0 Å². The number of phenols is 1. The molecule has 2 bridgehead atoms. The Bertz CT molecular complexity index is 2260. The van der Waals surface area contributed by atoms with Gasteiger partial charge in [0.25, 0.3) is 0 Å². The van der Waals surface area contributed by atoms with Gasteiger partial charge >= 0.3 is 0 Å². The summed E-state index contributed by atoms with van der Waals surface area (Å²) >= 11 is 0. The minimum Gasteiger partial charge on any atom is -0.508 e. The summed E-state index contributed by atoms with van der Waals surface area (Å²) in [5, 5.41) is 41.4. The highest BCUT2D eigenvalue weighted by molar-refractivity contribution is 8.76. The zero-order valence-corrected chi connectivity index (χ0v) is 40.3. The van der Waals surface area contributed by atoms with E-state index in [4.69, 9.17) is 0 Å². The van der Waals surface area contributed by atoms with Crippen LogP contribution in [0.3, 0.4) is 0 Å². The summed E-state index contributed by atoms with van der Waals surface area (Å²) < 4.78 is 0. The monoisotopic (exact) mass is 1010 g/mol. The molecule has 4 fully saturated rings. The summed E-state index contributed by atoms with van der Waals surface area (Å²) in [5.41, 5.74) is 0.949. The third-order valence-corrected chi connectivity index (χ3v) is 15.0. The van der Waals surface area contributed by atoms with E-state index in [9.17, 15) is 58.2 Å². The van der Waals surface area contributed by atoms with Crippen molar-refractivity contribution in [1.29, 1.82) is 0 Å². The van der Waals surface area contributed by atoms with Crippen LogP contribution in [-0.2, 0) is 60.8 Å². The third kappa shape index (κ3) is 13.9. The lowest BCUT2D eigenvalue weighted by Crippen LogP contribution is -2.61. The normalized spacial score (nSPS) is 28.0. The molecule has 380 valence electrons. The van der Waals surface area contributed by atoms with E-state index in [2.05, 4.69) is 52.5 Å². The van der Waals surface area contributed by atoms with Crippen LogP contribution in [-0.4, -0.2) is 182 Å². The van der Waals surface area contributed by atoms with E-state index in [1.165, 1.54) is 34.5 Å². The van der Waals surface area contributed by atoms with E-state index < -0.39 is 133 Å². The Labute approximate surface area is 410 Å². The minimum absolute atomic E-state index is 0.0458. The van der Waals surface area contributed by atoms with E-state index in [1.807, 2.05) is 0 Å². The summed E-state index contributed by atoms with van der Waals surface area (Å²) in [4.78, 5) is 149. The predicted octanol–water partition coefficient (Wildman–Crippen LogP) is -3.53. The highest BCUT2D eigenvalue weighted by Gasteiger charge is 2.41. The zero-order chi connectivity index (χ0) is 50.5. The number of H-pyrrole nitrogens is 1. The number of amides is 10. The molecule has 4 aliphatic heterocycles. The lowest BCUT2D eigenvalue weighted by atomic mass is 9.98. The van der Waals surface area contributed by atoms with Gasteiger partial charge in [-0.05, 0) is 49.3 Å². The smallest absolute Gasteiger partial charge is 0.248 e. The van der Waals surface area contributed by atoms with Crippen LogP contribution in [0.25, 0.3) is 0 Å². The van der Waals surface area contributed by atoms with Gasteiger partial charge in [0.15, 0.2) is 0 Å². The largest absolute Gasteiger partial charge is 0.508 e. The fourth-order valence-electron chi connectivity index (χ4n) is 8.50. The second-order valence-electron chi connectivity index (χ2n) is 17.5. The number of fused-ring (bicyclic) bond motifs is 7. The quantitative estimate of drug-likeness (QED) is 0.120. The van der Waals surface area contributed by atoms with Crippen LogP contribution in [0.2, 0.25) is 0 Å². The van der Waals surface area contributed by atoms with Gasteiger partial charge in [-0.25, -0.2) is 4.98 Å². The Balaban J connectivity index is 1.39. The van der Waals surface area contributed by atoms with Gasteiger partial charge in [0.1, 0.15) is 54.1 Å². The molecule has 26 heteroatoms. The highest BCUT2D eigenvalue weighted by atomic mass is 33.1.